The van der Waals surface area contributed by atoms with Crippen molar-refractivity contribution < 1.29 is 0 Å². The van der Waals surface area contributed by atoms with Crippen molar-refractivity contribution in [3.8, 4) is 0 Å². The van der Waals surface area contributed by atoms with Gasteiger partial charge in [0.15, 0.2) is 0 Å². The molecule has 108 valence electrons. The minimum Gasteiger partial charge on any atom is -0.281 e. The van der Waals surface area contributed by atoms with E-state index in [-0.39, 0.29) is 0 Å². The van der Waals surface area contributed by atoms with Crippen molar-refractivity contribution in [1.29, 1.82) is 0 Å². The molecule has 1 atom stereocenters. The van der Waals surface area contributed by atoms with Gasteiger partial charge in [-0.15, -0.1) is 0 Å². The first-order chi connectivity index (χ1) is 10.2. The lowest BCUT2D eigenvalue weighted by atomic mass is 9.96. The van der Waals surface area contributed by atoms with Crippen LogP contribution >= 0.6 is 0 Å². The van der Waals surface area contributed by atoms with Gasteiger partial charge >= 0.3 is 0 Å². The SMILES string of the molecule is CCc1ccc(C2CCC(c3ccccc3C)=N2)c(C)c1. The monoisotopic (exact) mass is 277 g/mol. The van der Waals surface area contributed by atoms with E-state index in [2.05, 4.69) is 63.2 Å². The molecule has 0 N–H and O–H groups in total. The zero-order chi connectivity index (χ0) is 14.8. The van der Waals surface area contributed by atoms with E-state index in [9.17, 15) is 0 Å². The van der Waals surface area contributed by atoms with Crippen molar-refractivity contribution >= 4 is 5.71 Å². The second-order valence-corrected chi connectivity index (χ2v) is 5.99. The van der Waals surface area contributed by atoms with Crippen LogP contribution in [0, 0.1) is 13.8 Å². The van der Waals surface area contributed by atoms with Gasteiger partial charge in [-0.1, -0.05) is 49.4 Å². The van der Waals surface area contributed by atoms with E-state index in [0.717, 1.165) is 19.3 Å². The average molecular weight is 277 g/mol. The maximum atomic E-state index is 5.02. The van der Waals surface area contributed by atoms with Crippen molar-refractivity contribution in [1.82, 2.24) is 0 Å². The highest BCUT2D eigenvalue weighted by molar-refractivity contribution is 6.02. The molecule has 0 saturated heterocycles. The fourth-order valence-electron chi connectivity index (χ4n) is 3.25. The molecular weight excluding hydrogens is 254 g/mol. The molecule has 1 heteroatoms. The second-order valence-electron chi connectivity index (χ2n) is 5.99. The Kier molecular flexibility index (Phi) is 3.92. The van der Waals surface area contributed by atoms with Crippen LogP contribution in [0.1, 0.15) is 53.6 Å². The minimum absolute atomic E-state index is 0.338. The Labute approximate surface area is 127 Å². The van der Waals surface area contributed by atoms with Gasteiger partial charge in [0.1, 0.15) is 0 Å². The van der Waals surface area contributed by atoms with E-state index >= 15 is 0 Å². The molecule has 1 aliphatic heterocycles. The first-order valence-corrected chi connectivity index (χ1v) is 7.91. The lowest BCUT2D eigenvalue weighted by molar-refractivity contribution is 0.717. The van der Waals surface area contributed by atoms with Crippen molar-refractivity contribution in [2.24, 2.45) is 4.99 Å². The molecule has 0 amide bonds. The minimum atomic E-state index is 0.338. The smallest absolute Gasteiger partial charge is 0.0758 e. The molecule has 0 spiro atoms. The molecule has 0 bridgehead atoms. The molecule has 0 radical (unpaired) electrons. The maximum Gasteiger partial charge on any atom is 0.0758 e. The number of hydrogen-bond donors (Lipinski definition) is 0. The first-order valence-electron chi connectivity index (χ1n) is 7.91. The van der Waals surface area contributed by atoms with Gasteiger partial charge in [0.2, 0.25) is 0 Å². The number of aliphatic imine (C=N–C) groups is 1. The van der Waals surface area contributed by atoms with Crippen molar-refractivity contribution in [2.45, 2.75) is 46.1 Å². The number of benzene rings is 2. The summed E-state index contributed by atoms with van der Waals surface area (Å²) >= 11 is 0. The average Bonchev–Trinajstić information content (AvgIpc) is 2.97. The Morgan fingerprint density at radius 3 is 2.57 bits per heavy atom. The Hall–Kier alpha value is -1.89. The van der Waals surface area contributed by atoms with E-state index in [1.54, 1.807) is 0 Å². The number of aryl methyl sites for hydroxylation is 3. The molecule has 1 heterocycles. The molecule has 2 aromatic rings. The fraction of sp³-hybridized carbons (Fsp3) is 0.350. The molecular formula is C20H23N. The maximum absolute atomic E-state index is 5.02. The number of nitrogens with zero attached hydrogens (tertiary/aromatic N) is 1. The summed E-state index contributed by atoms with van der Waals surface area (Å²) in [4.78, 5) is 5.02. The molecule has 0 aromatic heterocycles. The molecule has 2 aromatic carbocycles. The zero-order valence-corrected chi connectivity index (χ0v) is 13.2. The van der Waals surface area contributed by atoms with Crippen LogP contribution in [0.15, 0.2) is 47.5 Å². The molecule has 21 heavy (non-hydrogen) atoms. The summed E-state index contributed by atoms with van der Waals surface area (Å²) in [5.74, 6) is 0. The van der Waals surface area contributed by atoms with E-state index in [4.69, 9.17) is 4.99 Å². The lowest BCUT2D eigenvalue weighted by Crippen LogP contribution is -1.98. The summed E-state index contributed by atoms with van der Waals surface area (Å²) in [5.41, 5.74) is 8.12. The highest BCUT2D eigenvalue weighted by Gasteiger charge is 2.22. The predicted octanol–water partition coefficient (Wildman–Crippen LogP) is 5.19. The van der Waals surface area contributed by atoms with Crippen molar-refractivity contribution in [3.63, 3.8) is 0 Å². The molecule has 3 rings (SSSR count). The number of hydrogen-bond acceptors (Lipinski definition) is 1. The Morgan fingerprint density at radius 2 is 1.86 bits per heavy atom. The Bertz CT molecular complexity index is 682. The molecule has 0 saturated carbocycles. The predicted molar refractivity (Wildman–Crippen MR) is 90.2 cm³/mol. The normalized spacial score (nSPS) is 17.9. The van der Waals surface area contributed by atoms with Crippen molar-refractivity contribution in [3.05, 3.63) is 70.3 Å². The van der Waals surface area contributed by atoms with Gasteiger partial charge in [0.25, 0.3) is 0 Å². The molecule has 0 aliphatic carbocycles. The Morgan fingerprint density at radius 1 is 1.05 bits per heavy atom. The van der Waals surface area contributed by atoms with E-state index in [1.165, 1.54) is 33.5 Å². The summed E-state index contributed by atoms with van der Waals surface area (Å²) in [5, 5.41) is 0. The van der Waals surface area contributed by atoms with Gasteiger partial charge in [-0.05, 0) is 60.9 Å². The van der Waals surface area contributed by atoms with Crippen LogP contribution in [0.3, 0.4) is 0 Å². The highest BCUT2D eigenvalue weighted by atomic mass is 14.8. The largest absolute Gasteiger partial charge is 0.281 e. The Balaban J connectivity index is 1.91. The van der Waals surface area contributed by atoms with E-state index in [1.807, 2.05) is 0 Å². The van der Waals surface area contributed by atoms with Crippen LogP contribution in [0.5, 0.6) is 0 Å². The van der Waals surface area contributed by atoms with Crippen LogP contribution in [0.2, 0.25) is 0 Å². The van der Waals surface area contributed by atoms with Gasteiger partial charge in [0, 0.05) is 5.71 Å². The van der Waals surface area contributed by atoms with Crippen LogP contribution in [0.25, 0.3) is 0 Å². The standard InChI is InChI=1S/C20H23N/c1-4-16-9-10-18(15(3)13-16)20-12-11-19(21-20)17-8-6-5-7-14(17)2/h5-10,13,20H,4,11-12H2,1-3H3. The summed E-state index contributed by atoms with van der Waals surface area (Å²) in [6.07, 6.45) is 3.32. The quantitative estimate of drug-likeness (QED) is 0.732. The van der Waals surface area contributed by atoms with E-state index in [0.29, 0.717) is 6.04 Å². The molecule has 1 nitrogen and oxygen atoms in total. The third-order valence-electron chi connectivity index (χ3n) is 4.52. The lowest BCUT2D eigenvalue weighted by Gasteiger charge is -2.12. The zero-order valence-electron chi connectivity index (χ0n) is 13.2. The van der Waals surface area contributed by atoms with Crippen LogP contribution in [0.4, 0.5) is 0 Å². The van der Waals surface area contributed by atoms with Gasteiger partial charge in [-0.3, -0.25) is 4.99 Å². The first kappa shape index (κ1) is 14.1. The van der Waals surface area contributed by atoms with Gasteiger partial charge < -0.3 is 0 Å². The van der Waals surface area contributed by atoms with Crippen LogP contribution in [-0.4, -0.2) is 5.71 Å². The number of rotatable bonds is 3. The van der Waals surface area contributed by atoms with Gasteiger partial charge in [-0.25, -0.2) is 0 Å². The third kappa shape index (κ3) is 2.78. The second kappa shape index (κ2) is 5.85. The summed E-state index contributed by atoms with van der Waals surface area (Å²) in [6, 6.07) is 15.8. The molecule has 1 aliphatic rings. The van der Waals surface area contributed by atoms with Crippen LogP contribution < -0.4 is 0 Å². The van der Waals surface area contributed by atoms with Gasteiger partial charge in [0.05, 0.1) is 6.04 Å². The van der Waals surface area contributed by atoms with E-state index < -0.39 is 0 Å². The summed E-state index contributed by atoms with van der Waals surface area (Å²) in [7, 11) is 0. The summed E-state index contributed by atoms with van der Waals surface area (Å²) in [6.45, 7) is 6.60. The third-order valence-corrected chi connectivity index (χ3v) is 4.52. The topological polar surface area (TPSA) is 12.4 Å². The summed E-state index contributed by atoms with van der Waals surface area (Å²) < 4.78 is 0. The fourth-order valence-corrected chi connectivity index (χ4v) is 3.25. The van der Waals surface area contributed by atoms with Crippen molar-refractivity contribution in [2.75, 3.05) is 0 Å². The van der Waals surface area contributed by atoms with Gasteiger partial charge in [-0.2, -0.15) is 0 Å². The van der Waals surface area contributed by atoms with Crippen LogP contribution in [-0.2, 0) is 6.42 Å². The molecule has 0 fully saturated rings. The highest BCUT2D eigenvalue weighted by Crippen LogP contribution is 2.33. The molecule has 1 unspecified atom stereocenters.